The number of carbonyl (C=O) groups is 1. The number of hydrogen-bond acceptors (Lipinski definition) is 4. The summed E-state index contributed by atoms with van der Waals surface area (Å²) < 4.78 is 5.52. The van der Waals surface area contributed by atoms with E-state index in [-0.39, 0.29) is 18.6 Å². The number of likely N-dealkylation sites (tertiary alicyclic amines) is 1. The van der Waals surface area contributed by atoms with E-state index < -0.39 is 0 Å². The molecule has 0 aromatic carbocycles. The van der Waals surface area contributed by atoms with Crippen molar-refractivity contribution in [3.05, 3.63) is 0 Å². The summed E-state index contributed by atoms with van der Waals surface area (Å²) in [4.78, 5) is 14.4. The third-order valence-corrected chi connectivity index (χ3v) is 4.17. The van der Waals surface area contributed by atoms with Gasteiger partial charge in [0.2, 0.25) is 5.91 Å². The quantitative estimate of drug-likeness (QED) is 0.775. The van der Waals surface area contributed by atoms with Crippen molar-refractivity contribution < 1.29 is 14.6 Å². The molecule has 2 atom stereocenters. The third-order valence-electron chi connectivity index (χ3n) is 4.17. The first-order chi connectivity index (χ1) is 9.20. The van der Waals surface area contributed by atoms with Gasteiger partial charge in [-0.15, -0.1) is 0 Å². The number of carbonyl (C=O) groups excluding carboxylic acids is 1. The fourth-order valence-corrected chi connectivity index (χ4v) is 3.08. The van der Waals surface area contributed by atoms with Crippen LogP contribution in [0.15, 0.2) is 0 Å². The lowest BCUT2D eigenvalue weighted by molar-refractivity contribution is -0.139. The van der Waals surface area contributed by atoms with Gasteiger partial charge in [-0.1, -0.05) is 0 Å². The lowest BCUT2D eigenvalue weighted by Gasteiger charge is -2.36. The van der Waals surface area contributed by atoms with E-state index in [1.807, 2.05) is 4.90 Å². The molecule has 5 nitrogen and oxygen atoms in total. The summed E-state index contributed by atoms with van der Waals surface area (Å²) in [5.74, 6) is 0.528. The summed E-state index contributed by atoms with van der Waals surface area (Å²) in [7, 11) is 0. The SMILES string of the molecule is CC1CC(C(=O)N2CCC(OCCO)CC2)CCN1. The second-order valence-corrected chi connectivity index (χ2v) is 5.70. The van der Waals surface area contributed by atoms with Gasteiger partial charge in [0.25, 0.3) is 0 Å². The zero-order valence-electron chi connectivity index (χ0n) is 11.8. The maximum atomic E-state index is 12.4. The Labute approximate surface area is 115 Å². The number of piperidine rings is 2. The van der Waals surface area contributed by atoms with Gasteiger partial charge in [0.15, 0.2) is 0 Å². The number of nitrogens with one attached hydrogen (secondary N) is 1. The molecule has 0 radical (unpaired) electrons. The van der Waals surface area contributed by atoms with Crippen molar-refractivity contribution in [1.29, 1.82) is 0 Å². The largest absolute Gasteiger partial charge is 0.394 e. The second kappa shape index (κ2) is 7.22. The molecule has 0 aromatic rings. The highest BCUT2D eigenvalue weighted by atomic mass is 16.5. The zero-order valence-corrected chi connectivity index (χ0v) is 11.8. The monoisotopic (exact) mass is 270 g/mol. The standard InChI is InChI=1S/C14H26N2O3/c1-11-10-12(2-5-15-11)14(18)16-6-3-13(4-7-16)19-9-8-17/h11-13,15,17H,2-10H2,1H3. The Hall–Kier alpha value is -0.650. The van der Waals surface area contributed by atoms with Crippen LogP contribution in [0.1, 0.15) is 32.6 Å². The van der Waals surface area contributed by atoms with Crippen molar-refractivity contribution in [3.8, 4) is 0 Å². The molecule has 19 heavy (non-hydrogen) atoms. The number of ether oxygens (including phenoxy) is 1. The van der Waals surface area contributed by atoms with E-state index in [0.29, 0.717) is 18.6 Å². The topological polar surface area (TPSA) is 61.8 Å². The van der Waals surface area contributed by atoms with Crippen molar-refractivity contribution >= 4 is 5.91 Å². The number of hydrogen-bond donors (Lipinski definition) is 2. The molecule has 1 amide bonds. The fourth-order valence-electron chi connectivity index (χ4n) is 3.08. The van der Waals surface area contributed by atoms with Crippen LogP contribution in [0, 0.1) is 5.92 Å². The van der Waals surface area contributed by atoms with Crippen molar-refractivity contribution in [2.45, 2.75) is 44.8 Å². The Bertz CT molecular complexity index is 290. The molecule has 2 unspecified atom stereocenters. The minimum Gasteiger partial charge on any atom is -0.394 e. The molecule has 0 spiro atoms. The first-order valence-corrected chi connectivity index (χ1v) is 7.45. The smallest absolute Gasteiger partial charge is 0.225 e. The van der Waals surface area contributed by atoms with Crippen LogP contribution in [0.3, 0.4) is 0 Å². The number of aliphatic hydroxyl groups excluding tert-OH is 1. The maximum absolute atomic E-state index is 12.4. The van der Waals surface area contributed by atoms with Crippen molar-refractivity contribution in [1.82, 2.24) is 10.2 Å². The molecule has 0 bridgehead atoms. The highest BCUT2D eigenvalue weighted by Gasteiger charge is 2.30. The minimum atomic E-state index is 0.0755. The number of aliphatic hydroxyl groups is 1. The van der Waals surface area contributed by atoms with Gasteiger partial charge in [-0.2, -0.15) is 0 Å². The van der Waals surface area contributed by atoms with Crippen LogP contribution in [-0.4, -0.2) is 60.9 Å². The Morgan fingerprint density at radius 2 is 2.11 bits per heavy atom. The third kappa shape index (κ3) is 4.16. The Morgan fingerprint density at radius 3 is 2.74 bits per heavy atom. The average molecular weight is 270 g/mol. The molecular weight excluding hydrogens is 244 g/mol. The van der Waals surface area contributed by atoms with E-state index in [1.54, 1.807) is 0 Å². The number of amides is 1. The molecule has 0 aliphatic carbocycles. The van der Waals surface area contributed by atoms with Crippen molar-refractivity contribution in [2.75, 3.05) is 32.8 Å². The minimum absolute atomic E-state index is 0.0755. The van der Waals surface area contributed by atoms with Gasteiger partial charge in [-0.05, 0) is 39.2 Å². The zero-order chi connectivity index (χ0) is 13.7. The van der Waals surface area contributed by atoms with Crippen LogP contribution in [-0.2, 0) is 9.53 Å². The summed E-state index contributed by atoms with van der Waals surface area (Å²) in [5.41, 5.74) is 0. The van der Waals surface area contributed by atoms with E-state index in [1.165, 1.54) is 0 Å². The van der Waals surface area contributed by atoms with Gasteiger partial charge in [-0.25, -0.2) is 0 Å². The van der Waals surface area contributed by atoms with Gasteiger partial charge in [-0.3, -0.25) is 4.79 Å². The fraction of sp³-hybridized carbons (Fsp3) is 0.929. The Kier molecular flexibility index (Phi) is 5.60. The van der Waals surface area contributed by atoms with E-state index in [9.17, 15) is 4.79 Å². The summed E-state index contributed by atoms with van der Waals surface area (Å²) in [6.07, 6.45) is 3.92. The van der Waals surface area contributed by atoms with Gasteiger partial charge < -0.3 is 20.1 Å². The molecule has 110 valence electrons. The molecule has 2 saturated heterocycles. The maximum Gasteiger partial charge on any atom is 0.225 e. The van der Waals surface area contributed by atoms with Crippen LogP contribution in [0.25, 0.3) is 0 Å². The van der Waals surface area contributed by atoms with Crippen LogP contribution in [0.2, 0.25) is 0 Å². The molecule has 2 heterocycles. The van der Waals surface area contributed by atoms with E-state index in [2.05, 4.69) is 12.2 Å². The van der Waals surface area contributed by atoms with Crippen LogP contribution < -0.4 is 5.32 Å². The number of rotatable bonds is 4. The predicted molar refractivity (Wildman–Crippen MR) is 72.8 cm³/mol. The molecule has 2 rings (SSSR count). The Morgan fingerprint density at radius 1 is 1.37 bits per heavy atom. The molecule has 2 aliphatic heterocycles. The first-order valence-electron chi connectivity index (χ1n) is 7.45. The van der Waals surface area contributed by atoms with Crippen molar-refractivity contribution in [2.24, 2.45) is 5.92 Å². The van der Waals surface area contributed by atoms with Crippen LogP contribution >= 0.6 is 0 Å². The predicted octanol–water partition coefficient (Wildman–Crippen LogP) is 0.374. The van der Waals surface area contributed by atoms with Crippen molar-refractivity contribution in [3.63, 3.8) is 0 Å². The lowest BCUT2D eigenvalue weighted by Crippen LogP contribution is -2.47. The lowest BCUT2D eigenvalue weighted by atomic mass is 9.91. The first kappa shape index (κ1) is 14.8. The summed E-state index contributed by atoms with van der Waals surface area (Å²) in [6.45, 7) is 5.18. The van der Waals surface area contributed by atoms with E-state index >= 15 is 0 Å². The van der Waals surface area contributed by atoms with Gasteiger partial charge in [0.05, 0.1) is 19.3 Å². The van der Waals surface area contributed by atoms with Gasteiger partial charge in [0, 0.05) is 25.0 Å². The van der Waals surface area contributed by atoms with Crippen LogP contribution in [0.4, 0.5) is 0 Å². The summed E-state index contributed by atoms with van der Waals surface area (Å²) in [6, 6.07) is 0.452. The average Bonchev–Trinajstić information content (AvgIpc) is 2.45. The molecule has 0 saturated carbocycles. The Balaban J connectivity index is 1.75. The molecule has 5 heteroatoms. The summed E-state index contributed by atoms with van der Waals surface area (Å²) >= 11 is 0. The van der Waals surface area contributed by atoms with E-state index in [4.69, 9.17) is 9.84 Å². The van der Waals surface area contributed by atoms with Crippen LogP contribution in [0.5, 0.6) is 0 Å². The highest BCUT2D eigenvalue weighted by molar-refractivity contribution is 5.79. The summed E-state index contributed by atoms with van der Waals surface area (Å²) in [5, 5.41) is 12.1. The van der Waals surface area contributed by atoms with Gasteiger partial charge in [0.1, 0.15) is 0 Å². The number of nitrogens with zero attached hydrogens (tertiary/aromatic N) is 1. The molecule has 0 aromatic heterocycles. The van der Waals surface area contributed by atoms with E-state index in [0.717, 1.165) is 45.3 Å². The highest BCUT2D eigenvalue weighted by Crippen LogP contribution is 2.22. The van der Waals surface area contributed by atoms with Gasteiger partial charge >= 0.3 is 0 Å². The normalized spacial score (nSPS) is 29.5. The molecule has 2 fully saturated rings. The second-order valence-electron chi connectivity index (χ2n) is 5.70. The molecule has 2 aliphatic rings. The molecular formula is C14H26N2O3. The molecule has 2 N–H and O–H groups in total.